The molecule has 0 aliphatic rings. The Bertz CT molecular complexity index is 1040. The lowest BCUT2D eigenvalue weighted by atomic mass is 10.1. The van der Waals surface area contributed by atoms with Gasteiger partial charge in [0.15, 0.2) is 10.9 Å². The van der Waals surface area contributed by atoms with Crippen LogP contribution in [0.2, 0.25) is 0 Å². The fourth-order valence-corrected chi connectivity index (χ4v) is 4.21. The summed E-state index contributed by atoms with van der Waals surface area (Å²) >= 11 is 2.92. The standard InChI is InChI=1S/C19H15N3O3S2/c1-12-6-8-13(9-7-12)18-21-16(22-25-18)10-24-17(23)11-26-19-20-14-4-2-3-5-15(14)27-19/h2-9H,10-11H2,1H3. The lowest BCUT2D eigenvalue weighted by Crippen LogP contribution is -2.08. The number of rotatable bonds is 6. The van der Waals surface area contributed by atoms with E-state index in [1.807, 2.05) is 55.5 Å². The molecule has 0 atom stereocenters. The Morgan fingerprint density at radius 1 is 1.15 bits per heavy atom. The topological polar surface area (TPSA) is 78.1 Å². The summed E-state index contributed by atoms with van der Waals surface area (Å²) in [6.45, 7) is 1.99. The predicted molar refractivity (Wildman–Crippen MR) is 105 cm³/mol. The number of carbonyl (C=O) groups is 1. The Labute approximate surface area is 163 Å². The first-order valence-corrected chi connectivity index (χ1v) is 10.0. The van der Waals surface area contributed by atoms with Crippen LogP contribution in [0, 0.1) is 6.92 Å². The number of aromatic nitrogens is 3. The predicted octanol–water partition coefficient (Wildman–Crippen LogP) is 4.49. The van der Waals surface area contributed by atoms with Gasteiger partial charge in [-0.2, -0.15) is 4.98 Å². The molecule has 0 spiro atoms. The van der Waals surface area contributed by atoms with E-state index in [4.69, 9.17) is 9.26 Å². The van der Waals surface area contributed by atoms with Crippen molar-refractivity contribution in [3.63, 3.8) is 0 Å². The largest absolute Gasteiger partial charge is 0.457 e. The normalized spacial score (nSPS) is 11.0. The molecule has 0 saturated heterocycles. The number of aryl methyl sites for hydroxylation is 1. The smallest absolute Gasteiger partial charge is 0.316 e. The van der Waals surface area contributed by atoms with E-state index >= 15 is 0 Å². The van der Waals surface area contributed by atoms with E-state index in [0.29, 0.717) is 11.7 Å². The molecule has 27 heavy (non-hydrogen) atoms. The summed E-state index contributed by atoms with van der Waals surface area (Å²) in [5.74, 6) is 0.581. The number of hydrogen-bond acceptors (Lipinski definition) is 8. The van der Waals surface area contributed by atoms with E-state index in [-0.39, 0.29) is 18.3 Å². The van der Waals surface area contributed by atoms with E-state index in [9.17, 15) is 4.79 Å². The average Bonchev–Trinajstić information content (AvgIpc) is 3.32. The van der Waals surface area contributed by atoms with Crippen molar-refractivity contribution in [2.24, 2.45) is 0 Å². The first kappa shape index (κ1) is 17.7. The maximum absolute atomic E-state index is 12.0. The number of para-hydroxylation sites is 1. The lowest BCUT2D eigenvalue weighted by Gasteiger charge is -2.00. The van der Waals surface area contributed by atoms with Gasteiger partial charge < -0.3 is 9.26 Å². The number of nitrogens with zero attached hydrogens (tertiary/aromatic N) is 3. The van der Waals surface area contributed by atoms with Crippen LogP contribution in [0.25, 0.3) is 21.7 Å². The Morgan fingerprint density at radius 3 is 2.78 bits per heavy atom. The Balaban J connectivity index is 1.29. The molecule has 0 N–H and O–H groups in total. The molecule has 6 nitrogen and oxygen atoms in total. The molecule has 0 aliphatic heterocycles. The van der Waals surface area contributed by atoms with Gasteiger partial charge in [0.05, 0.1) is 16.0 Å². The molecule has 0 unspecified atom stereocenters. The van der Waals surface area contributed by atoms with Crippen LogP contribution in [0.5, 0.6) is 0 Å². The van der Waals surface area contributed by atoms with E-state index in [1.165, 1.54) is 11.8 Å². The van der Waals surface area contributed by atoms with Gasteiger partial charge in [-0.05, 0) is 31.2 Å². The van der Waals surface area contributed by atoms with Crippen LogP contribution < -0.4 is 0 Å². The molecule has 0 aliphatic carbocycles. The zero-order valence-electron chi connectivity index (χ0n) is 14.4. The summed E-state index contributed by atoms with van der Waals surface area (Å²) in [6.07, 6.45) is 0. The molecule has 2 aromatic carbocycles. The van der Waals surface area contributed by atoms with Gasteiger partial charge >= 0.3 is 5.97 Å². The van der Waals surface area contributed by atoms with Crippen molar-refractivity contribution in [2.45, 2.75) is 17.9 Å². The third kappa shape index (κ3) is 4.35. The second-order valence-electron chi connectivity index (χ2n) is 5.78. The van der Waals surface area contributed by atoms with Gasteiger partial charge in [0.25, 0.3) is 5.89 Å². The van der Waals surface area contributed by atoms with E-state index in [1.54, 1.807) is 11.3 Å². The highest BCUT2D eigenvalue weighted by Crippen LogP contribution is 2.29. The molecule has 4 rings (SSSR count). The number of thioether (sulfide) groups is 1. The van der Waals surface area contributed by atoms with E-state index in [0.717, 1.165) is 25.7 Å². The maximum Gasteiger partial charge on any atom is 0.316 e. The summed E-state index contributed by atoms with van der Waals surface area (Å²) in [4.78, 5) is 20.7. The van der Waals surface area contributed by atoms with Gasteiger partial charge in [0.1, 0.15) is 0 Å². The SMILES string of the molecule is Cc1ccc(-c2nc(COC(=O)CSc3nc4ccccc4s3)no2)cc1. The van der Waals surface area contributed by atoms with Crippen LogP contribution >= 0.6 is 23.1 Å². The Morgan fingerprint density at radius 2 is 1.96 bits per heavy atom. The maximum atomic E-state index is 12.0. The third-order valence-electron chi connectivity index (χ3n) is 3.72. The zero-order chi connectivity index (χ0) is 18.6. The quantitative estimate of drug-likeness (QED) is 0.350. The number of carbonyl (C=O) groups excluding carboxylic acids is 1. The number of benzene rings is 2. The molecule has 0 saturated carbocycles. The monoisotopic (exact) mass is 397 g/mol. The third-order valence-corrected chi connectivity index (χ3v) is 5.87. The first-order valence-electron chi connectivity index (χ1n) is 8.21. The van der Waals surface area contributed by atoms with Crippen LogP contribution in [0.3, 0.4) is 0 Å². The molecule has 4 aromatic rings. The average molecular weight is 397 g/mol. The lowest BCUT2D eigenvalue weighted by molar-refractivity contribution is -0.141. The number of hydrogen-bond donors (Lipinski definition) is 0. The van der Waals surface area contributed by atoms with Gasteiger partial charge in [0, 0.05) is 5.56 Å². The minimum absolute atomic E-state index is 0.0192. The Kier molecular flexibility index (Phi) is 5.17. The number of thiazole rings is 1. The van der Waals surface area contributed by atoms with E-state index < -0.39 is 0 Å². The molecule has 0 bridgehead atoms. The molecule has 2 aromatic heterocycles. The number of esters is 1. The van der Waals surface area contributed by atoms with Gasteiger partial charge in [0.2, 0.25) is 5.82 Å². The highest BCUT2D eigenvalue weighted by atomic mass is 32.2. The van der Waals surface area contributed by atoms with Gasteiger partial charge in [-0.3, -0.25) is 4.79 Å². The van der Waals surface area contributed by atoms with Crippen LogP contribution in [0.4, 0.5) is 0 Å². The second-order valence-corrected chi connectivity index (χ2v) is 8.03. The van der Waals surface area contributed by atoms with Gasteiger partial charge in [-0.1, -0.05) is 46.7 Å². The molecular formula is C19H15N3O3S2. The fraction of sp³-hybridized carbons (Fsp3) is 0.158. The summed E-state index contributed by atoms with van der Waals surface area (Å²) < 4.78 is 12.4. The van der Waals surface area contributed by atoms with Gasteiger partial charge in [-0.25, -0.2) is 4.98 Å². The van der Waals surface area contributed by atoms with Gasteiger partial charge in [-0.15, -0.1) is 11.3 Å². The first-order chi connectivity index (χ1) is 13.2. The highest BCUT2D eigenvalue weighted by molar-refractivity contribution is 8.01. The number of fused-ring (bicyclic) bond motifs is 1. The second kappa shape index (κ2) is 7.89. The summed E-state index contributed by atoms with van der Waals surface area (Å²) in [6, 6.07) is 15.6. The van der Waals surface area contributed by atoms with Crippen molar-refractivity contribution in [3.05, 3.63) is 59.9 Å². The summed E-state index contributed by atoms with van der Waals surface area (Å²) in [5, 5.41) is 3.85. The van der Waals surface area contributed by atoms with Crippen LogP contribution in [-0.4, -0.2) is 26.8 Å². The fourth-order valence-electron chi connectivity index (χ4n) is 2.35. The number of ether oxygens (including phenoxy) is 1. The van der Waals surface area contributed by atoms with Crippen LogP contribution in [0.1, 0.15) is 11.4 Å². The van der Waals surface area contributed by atoms with Crippen molar-refractivity contribution >= 4 is 39.3 Å². The molecule has 136 valence electrons. The molecule has 8 heteroatoms. The van der Waals surface area contributed by atoms with Crippen molar-refractivity contribution in [1.82, 2.24) is 15.1 Å². The Hall–Kier alpha value is -2.71. The highest BCUT2D eigenvalue weighted by Gasteiger charge is 2.12. The van der Waals surface area contributed by atoms with Crippen molar-refractivity contribution < 1.29 is 14.1 Å². The molecule has 0 amide bonds. The minimum Gasteiger partial charge on any atom is -0.457 e. The zero-order valence-corrected chi connectivity index (χ0v) is 16.0. The summed E-state index contributed by atoms with van der Waals surface area (Å²) in [7, 11) is 0. The van der Waals surface area contributed by atoms with Crippen LogP contribution in [0.15, 0.2) is 57.4 Å². The van der Waals surface area contributed by atoms with Crippen LogP contribution in [-0.2, 0) is 16.1 Å². The molecular weight excluding hydrogens is 382 g/mol. The minimum atomic E-state index is -0.346. The molecule has 2 heterocycles. The molecule has 0 radical (unpaired) electrons. The van der Waals surface area contributed by atoms with Crippen molar-refractivity contribution in [3.8, 4) is 11.5 Å². The van der Waals surface area contributed by atoms with Crippen molar-refractivity contribution in [2.75, 3.05) is 5.75 Å². The summed E-state index contributed by atoms with van der Waals surface area (Å²) in [5.41, 5.74) is 2.92. The molecule has 0 fully saturated rings. The van der Waals surface area contributed by atoms with Crippen molar-refractivity contribution in [1.29, 1.82) is 0 Å². The van der Waals surface area contributed by atoms with E-state index in [2.05, 4.69) is 15.1 Å².